The van der Waals surface area contributed by atoms with Crippen molar-refractivity contribution in [2.24, 2.45) is 0 Å². The van der Waals surface area contributed by atoms with Crippen LogP contribution in [0.4, 0.5) is 0 Å². The summed E-state index contributed by atoms with van der Waals surface area (Å²) in [7, 11) is 0. The molecular formula is C18H25N3O3S. The SMILES string of the molecule is CCN(CC)[C@@H](CNC(=O)[C@@H](C)NC(=O)c1cccs1)c1ccco1. The molecule has 2 N–H and O–H groups in total. The van der Waals surface area contributed by atoms with Gasteiger partial charge < -0.3 is 15.1 Å². The molecule has 0 saturated heterocycles. The van der Waals surface area contributed by atoms with E-state index in [0.29, 0.717) is 11.4 Å². The van der Waals surface area contributed by atoms with Crippen molar-refractivity contribution in [2.45, 2.75) is 32.9 Å². The highest BCUT2D eigenvalue weighted by Crippen LogP contribution is 2.20. The fraction of sp³-hybridized carbons (Fsp3) is 0.444. The number of hydrogen-bond donors (Lipinski definition) is 2. The normalized spacial score (nSPS) is 13.4. The van der Waals surface area contributed by atoms with Gasteiger partial charge in [0, 0.05) is 6.54 Å². The van der Waals surface area contributed by atoms with Crippen molar-refractivity contribution in [3.63, 3.8) is 0 Å². The van der Waals surface area contributed by atoms with E-state index >= 15 is 0 Å². The largest absolute Gasteiger partial charge is 0.468 e. The molecule has 6 nitrogen and oxygen atoms in total. The Morgan fingerprint density at radius 1 is 1.24 bits per heavy atom. The first-order valence-electron chi connectivity index (χ1n) is 8.46. The van der Waals surface area contributed by atoms with Crippen LogP contribution in [-0.2, 0) is 4.79 Å². The van der Waals surface area contributed by atoms with Gasteiger partial charge in [0.2, 0.25) is 5.91 Å². The minimum atomic E-state index is -0.608. The van der Waals surface area contributed by atoms with Crippen LogP contribution in [0.3, 0.4) is 0 Å². The Balaban J connectivity index is 1.92. The van der Waals surface area contributed by atoms with Gasteiger partial charge in [0.05, 0.1) is 17.2 Å². The molecule has 2 aromatic heterocycles. The molecule has 0 aliphatic heterocycles. The lowest BCUT2D eigenvalue weighted by atomic mass is 10.1. The molecule has 0 aliphatic carbocycles. The van der Waals surface area contributed by atoms with Crippen LogP contribution in [0.5, 0.6) is 0 Å². The van der Waals surface area contributed by atoms with Crippen LogP contribution < -0.4 is 10.6 Å². The zero-order chi connectivity index (χ0) is 18.2. The number of likely N-dealkylation sites (N-methyl/N-ethyl adjacent to an activating group) is 1. The maximum absolute atomic E-state index is 12.3. The van der Waals surface area contributed by atoms with E-state index in [9.17, 15) is 9.59 Å². The zero-order valence-corrected chi connectivity index (χ0v) is 15.6. The van der Waals surface area contributed by atoms with Gasteiger partial charge >= 0.3 is 0 Å². The molecule has 2 aromatic rings. The molecule has 25 heavy (non-hydrogen) atoms. The summed E-state index contributed by atoms with van der Waals surface area (Å²) in [5.41, 5.74) is 0. The lowest BCUT2D eigenvalue weighted by Crippen LogP contribution is -2.47. The number of hydrogen-bond acceptors (Lipinski definition) is 5. The molecule has 2 rings (SSSR count). The molecule has 2 amide bonds. The van der Waals surface area contributed by atoms with E-state index in [4.69, 9.17) is 4.42 Å². The van der Waals surface area contributed by atoms with Crippen LogP contribution in [-0.4, -0.2) is 42.4 Å². The summed E-state index contributed by atoms with van der Waals surface area (Å²) in [6.07, 6.45) is 1.64. The first-order valence-corrected chi connectivity index (χ1v) is 9.34. The monoisotopic (exact) mass is 363 g/mol. The molecule has 0 bridgehead atoms. The predicted octanol–water partition coefficient (Wildman–Crippen LogP) is 2.66. The second-order valence-electron chi connectivity index (χ2n) is 5.67. The molecular weight excluding hydrogens is 338 g/mol. The minimum Gasteiger partial charge on any atom is -0.468 e. The Kier molecular flexibility index (Phi) is 7.21. The van der Waals surface area contributed by atoms with Crippen molar-refractivity contribution >= 4 is 23.2 Å². The third-order valence-electron chi connectivity index (χ3n) is 4.08. The van der Waals surface area contributed by atoms with Gasteiger partial charge in [0.1, 0.15) is 11.8 Å². The third kappa shape index (κ3) is 5.17. The van der Waals surface area contributed by atoms with E-state index in [1.54, 1.807) is 19.3 Å². The summed E-state index contributed by atoms with van der Waals surface area (Å²) in [5.74, 6) is 0.372. The van der Waals surface area contributed by atoms with E-state index in [2.05, 4.69) is 29.4 Å². The lowest BCUT2D eigenvalue weighted by molar-refractivity contribution is -0.122. The fourth-order valence-corrected chi connectivity index (χ4v) is 3.27. The van der Waals surface area contributed by atoms with Crippen molar-refractivity contribution < 1.29 is 14.0 Å². The quantitative estimate of drug-likeness (QED) is 0.718. The Morgan fingerprint density at radius 2 is 2.00 bits per heavy atom. The molecule has 2 heterocycles. The molecule has 0 radical (unpaired) electrons. The van der Waals surface area contributed by atoms with E-state index in [0.717, 1.165) is 18.8 Å². The molecule has 0 spiro atoms. The first-order chi connectivity index (χ1) is 12.1. The predicted molar refractivity (Wildman–Crippen MR) is 98.6 cm³/mol. The number of thiophene rings is 1. The second-order valence-corrected chi connectivity index (χ2v) is 6.62. The highest BCUT2D eigenvalue weighted by molar-refractivity contribution is 7.12. The van der Waals surface area contributed by atoms with Crippen molar-refractivity contribution in [3.05, 3.63) is 46.5 Å². The van der Waals surface area contributed by atoms with Crippen molar-refractivity contribution in [3.8, 4) is 0 Å². The Hall–Kier alpha value is -2.12. The summed E-state index contributed by atoms with van der Waals surface area (Å²) in [6, 6.07) is 6.66. The standard InChI is InChI=1S/C18H25N3O3S/c1-4-21(5-2)14(15-8-6-10-24-15)12-19-17(22)13(3)20-18(23)16-9-7-11-25-16/h6-11,13-14H,4-5,12H2,1-3H3,(H,19,22)(H,20,23)/t13-,14+/m1/s1. The number of nitrogens with zero attached hydrogens (tertiary/aromatic N) is 1. The second kappa shape index (κ2) is 9.39. The van der Waals surface area contributed by atoms with Gasteiger partial charge in [-0.25, -0.2) is 0 Å². The smallest absolute Gasteiger partial charge is 0.261 e. The van der Waals surface area contributed by atoms with E-state index in [1.165, 1.54) is 11.3 Å². The van der Waals surface area contributed by atoms with Crippen LogP contribution in [0.25, 0.3) is 0 Å². The number of furan rings is 1. The zero-order valence-electron chi connectivity index (χ0n) is 14.8. The average molecular weight is 363 g/mol. The highest BCUT2D eigenvalue weighted by Gasteiger charge is 2.23. The van der Waals surface area contributed by atoms with Crippen LogP contribution in [0, 0.1) is 0 Å². The number of rotatable bonds is 9. The molecule has 0 saturated carbocycles. The average Bonchev–Trinajstić information content (AvgIpc) is 3.31. The lowest BCUT2D eigenvalue weighted by Gasteiger charge is -2.28. The molecule has 0 aromatic carbocycles. The summed E-state index contributed by atoms with van der Waals surface area (Å²) in [4.78, 5) is 27.2. The Bertz CT molecular complexity index is 651. The van der Waals surface area contributed by atoms with Crippen molar-refractivity contribution in [2.75, 3.05) is 19.6 Å². The van der Waals surface area contributed by atoms with Crippen molar-refractivity contribution in [1.29, 1.82) is 0 Å². The minimum absolute atomic E-state index is 0.0332. The molecule has 0 fully saturated rings. The third-order valence-corrected chi connectivity index (χ3v) is 4.95. The van der Waals surface area contributed by atoms with Gasteiger partial charge in [-0.1, -0.05) is 19.9 Å². The number of carbonyl (C=O) groups is 2. The summed E-state index contributed by atoms with van der Waals surface area (Å²) in [6.45, 7) is 7.95. The molecule has 7 heteroatoms. The van der Waals surface area contributed by atoms with Gasteiger partial charge in [-0.15, -0.1) is 11.3 Å². The van der Waals surface area contributed by atoms with Gasteiger partial charge in [0.15, 0.2) is 0 Å². The number of amides is 2. The summed E-state index contributed by atoms with van der Waals surface area (Å²) in [5, 5.41) is 7.47. The van der Waals surface area contributed by atoms with E-state index in [-0.39, 0.29) is 17.9 Å². The Morgan fingerprint density at radius 3 is 2.56 bits per heavy atom. The van der Waals surface area contributed by atoms with E-state index < -0.39 is 6.04 Å². The number of nitrogens with one attached hydrogen (secondary N) is 2. The maximum atomic E-state index is 12.3. The fourth-order valence-electron chi connectivity index (χ4n) is 2.65. The summed E-state index contributed by atoms with van der Waals surface area (Å²) >= 11 is 1.35. The van der Waals surface area contributed by atoms with Crippen LogP contribution in [0.2, 0.25) is 0 Å². The van der Waals surface area contributed by atoms with Crippen LogP contribution >= 0.6 is 11.3 Å². The van der Waals surface area contributed by atoms with Gasteiger partial charge in [-0.05, 0) is 43.6 Å². The molecule has 0 unspecified atom stereocenters. The topological polar surface area (TPSA) is 74.6 Å². The van der Waals surface area contributed by atoms with Gasteiger partial charge in [0.25, 0.3) is 5.91 Å². The molecule has 0 aliphatic rings. The first kappa shape index (κ1) is 19.2. The summed E-state index contributed by atoms with van der Waals surface area (Å²) < 4.78 is 5.53. The highest BCUT2D eigenvalue weighted by atomic mass is 32.1. The van der Waals surface area contributed by atoms with Crippen LogP contribution in [0.15, 0.2) is 40.3 Å². The van der Waals surface area contributed by atoms with Crippen molar-refractivity contribution in [1.82, 2.24) is 15.5 Å². The Labute approximate surface area is 152 Å². The molecule has 136 valence electrons. The van der Waals surface area contributed by atoms with Gasteiger partial charge in [-0.2, -0.15) is 0 Å². The molecule has 2 atom stereocenters. The van der Waals surface area contributed by atoms with Crippen LogP contribution in [0.1, 0.15) is 42.2 Å². The maximum Gasteiger partial charge on any atom is 0.261 e. The van der Waals surface area contributed by atoms with Gasteiger partial charge in [-0.3, -0.25) is 14.5 Å². The number of carbonyl (C=O) groups excluding carboxylic acids is 2. The van der Waals surface area contributed by atoms with E-state index in [1.807, 2.05) is 23.6 Å².